The third kappa shape index (κ3) is 5.01. The van der Waals surface area contributed by atoms with Crippen molar-refractivity contribution in [1.82, 2.24) is 4.90 Å². The molecule has 1 aromatic rings. The number of aliphatic hydroxyl groups excluding tert-OH is 1. The van der Waals surface area contributed by atoms with E-state index in [4.69, 9.17) is 0 Å². The van der Waals surface area contributed by atoms with E-state index in [1.807, 2.05) is 27.8 Å². The van der Waals surface area contributed by atoms with Gasteiger partial charge in [0.15, 0.2) is 0 Å². The molecule has 0 heterocycles. The van der Waals surface area contributed by atoms with E-state index in [2.05, 4.69) is 17.4 Å². The Hall–Kier alpha value is -1.39. The van der Waals surface area contributed by atoms with Crippen molar-refractivity contribution in [3.8, 4) is 0 Å². The quantitative estimate of drug-likeness (QED) is 0.853. The van der Waals surface area contributed by atoms with Crippen LogP contribution in [0.15, 0.2) is 12.1 Å². The summed E-state index contributed by atoms with van der Waals surface area (Å²) in [5, 5.41) is 12.2. The van der Waals surface area contributed by atoms with Crippen molar-refractivity contribution in [3.05, 3.63) is 28.8 Å². The minimum atomic E-state index is -0.430. The van der Waals surface area contributed by atoms with E-state index in [-0.39, 0.29) is 12.5 Å². The second kappa shape index (κ2) is 6.68. The first-order chi connectivity index (χ1) is 8.79. The summed E-state index contributed by atoms with van der Waals surface area (Å²) in [5.74, 6) is -0.0572. The first-order valence-corrected chi connectivity index (χ1v) is 6.54. The number of aryl methyl sites for hydroxylation is 3. The van der Waals surface area contributed by atoms with Gasteiger partial charge in [-0.2, -0.15) is 0 Å². The molecule has 0 aliphatic carbocycles. The molecule has 0 aliphatic heterocycles. The lowest BCUT2D eigenvalue weighted by atomic mass is 10.1. The summed E-state index contributed by atoms with van der Waals surface area (Å²) < 4.78 is 0. The van der Waals surface area contributed by atoms with Crippen molar-refractivity contribution in [1.29, 1.82) is 0 Å². The van der Waals surface area contributed by atoms with Crippen LogP contribution in [0.4, 0.5) is 5.69 Å². The molecule has 0 aliphatic rings. The van der Waals surface area contributed by atoms with Crippen LogP contribution >= 0.6 is 0 Å². The molecule has 0 bridgehead atoms. The zero-order valence-electron chi connectivity index (χ0n) is 12.4. The zero-order valence-corrected chi connectivity index (χ0v) is 12.4. The normalized spacial score (nSPS) is 12.6. The van der Waals surface area contributed by atoms with Gasteiger partial charge in [0.1, 0.15) is 0 Å². The molecule has 1 aromatic carbocycles. The van der Waals surface area contributed by atoms with Crippen molar-refractivity contribution in [2.45, 2.75) is 33.8 Å². The monoisotopic (exact) mass is 264 g/mol. The van der Waals surface area contributed by atoms with E-state index in [1.165, 1.54) is 5.56 Å². The Kier molecular flexibility index (Phi) is 5.51. The maximum absolute atomic E-state index is 12.0. The molecule has 19 heavy (non-hydrogen) atoms. The number of amides is 1. The molecular formula is C15H24N2O2. The van der Waals surface area contributed by atoms with E-state index >= 15 is 0 Å². The van der Waals surface area contributed by atoms with Gasteiger partial charge in [0, 0.05) is 12.2 Å². The fourth-order valence-corrected chi connectivity index (χ4v) is 2.32. The van der Waals surface area contributed by atoms with Gasteiger partial charge in [-0.05, 0) is 45.9 Å². The minimum absolute atomic E-state index is 0.0572. The lowest BCUT2D eigenvalue weighted by Crippen LogP contribution is -2.34. The summed E-state index contributed by atoms with van der Waals surface area (Å²) in [6.07, 6.45) is -0.430. The van der Waals surface area contributed by atoms with Crippen molar-refractivity contribution in [2.24, 2.45) is 0 Å². The summed E-state index contributed by atoms with van der Waals surface area (Å²) in [5.41, 5.74) is 4.23. The Morgan fingerprint density at radius 3 is 2.32 bits per heavy atom. The molecule has 106 valence electrons. The van der Waals surface area contributed by atoms with Gasteiger partial charge in [-0.3, -0.25) is 9.69 Å². The maximum atomic E-state index is 12.0. The van der Waals surface area contributed by atoms with Crippen LogP contribution < -0.4 is 5.32 Å². The summed E-state index contributed by atoms with van der Waals surface area (Å²) in [4.78, 5) is 13.8. The fourth-order valence-electron chi connectivity index (χ4n) is 2.32. The van der Waals surface area contributed by atoms with Crippen molar-refractivity contribution < 1.29 is 9.90 Å². The van der Waals surface area contributed by atoms with Crippen molar-refractivity contribution in [2.75, 3.05) is 25.5 Å². The maximum Gasteiger partial charge on any atom is 0.238 e. The molecule has 0 saturated heterocycles. The van der Waals surface area contributed by atoms with Crippen molar-refractivity contribution >= 4 is 11.6 Å². The van der Waals surface area contributed by atoms with Crippen LogP contribution in [0.2, 0.25) is 0 Å². The van der Waals surface area contributed by atoms with Gasteiger partial charge in [0.2, 0.25) is 5.91 Å². The van der Waals surface area contributed by atoms with Gasteiger partial charge in [0.25, 0.3) is 0 Å². The Balaban J connectivity index is 2.67. The third-order valence-corrected chi connectivity index (χ3v) is 2.93. The molecule has 0 saturated carbocycles. The van der Waals surface area contributed by atoms with E-state index in [9.17, 15) is 9.90 Å². The molecule has 1 rings (SSSR count). The number of likely N-dealkylation sites (N-methyl/N-ethyl adjacent to an activating group) is 1. The van der Waals surface area contributed by atoms with Crippen LogP contribution in [0, 0.1) is 20.8 Å². The number of aliphatic hydroxyl groups is 1. The topological polar surface area (TPSA) is 52.6 Å². The van der Waals surface area contributed by atoms with E-state index < -0.39 is 6.10 Å². The predicted octanol–water partition coefficient (Wildman–Crippen LogP) is 1.86. The van der Waals surface area contributed by atoms with Crippen LogP contribution in [-0.4, -0.2) is 42.2 Å². The lowest BCUT2D eigenvalue weighted by Gasteiger charge is -2.19. The molecule has 0 fully saturated rings. The van der Waals surface area contributed by atoms with Crippen molar-refractivity contribution in [3.63, 3.8) is 0 Å². The number of rotatable bonds is 5. The number of hydrogen-bond acceptors (Lipinski definition) is 3. The van der Waals surface area contributed by atoms with Gasteiger partial charge in [-0.25, -0.2) is 0 Å². The van der Waals surface area contributed by atoms with Crippen LogP contribution in [0.1, 0.15) is 23.6 Å². The molecular weight excluding hydrogens is 240 g/mol. The van der Waals surface area contributed by atoms with Gasteiger partial charge >= 0.3 is 0 Å². The first-order valence-electron chi connectivity index (χ1n) is 6.54. The van der Waals surface area contributed by atoms with E-state index in [1.54, 1.807) is 11.8 Å². The number of nitrogens with zero attached hydrogens (tertiary/aromatic N) is 1. The van der Waals surface area contributed by atoms with Crippen LogP contribution in [0.5, 0.6) is 0 Å². The standard InChI is InChI=1S/C15H24N2O2/c1-10-6-11(2)15(12(3)7-10)16-14(19)9-17(5)8-13(4)18/h6-7,13,18H,8-9H2,1-5H3,(H,16,19). The Morgan fingerprint density at radius 1 is 1.32 bits per heavy atom. The number of carbonyl (C=O) groups is 1. The SMILES string of the molecule is Cc1cc(C)c(NC(=O)CN(C)CC(C)O)c(C)c1. The number of nitrogens with one attached hydrogen (secondary N) is 1. The Labute approximate surface area is 115 Å². The van der Waals surface area contributed by atoms with E-state index in [0.717, 1.165) is 16.8 Å². The molecule has 4 heteroatoms. The Morgan fingerprint density at radius 2 is 1.84 bits per heavy atom. The number of anilines is 1. The highest BCUT2D eigenvalue weighted by Gasteiger charge is 2.11. The highest BCUT2D eigenvalue weighted by molar-refractivity contribution is 5.93. The van der Waals surface area contributed by atoms with Gasteiger partial charge in [0.05, 0.1) is 12.6 Å². The average molecular weight is 264 g/mol. The largest absolute Gasteiger partial charge is 0.392 e. The molecule has 1 atom stereocenters. The molecule has 0 radical (unpaired) electrons. The molecule has 0 aromatic heterocycles. The lowest BCUT2D eigenvalue weighted by molar-refractivity contribution is -0.117. The summed E-state index contributed by atoms with van der Waals surface area (Å²) in [6, 6.07) is 4.12. The number of benzene rings is 1. The first kappa shape index (κ1) is 15.7. The zero-order chi connectivity index (χ0) is 14.6. The van der Waals surface area contributed by atoms with Gasteiger partial charge < -0.3 is 10.4 Å². The molecule has 1 unspecified atom stereocenters. The van der Waals surface area contributed by atoms with E-state index in [0.29, 0.717) is 6.54 Å². The van der Waals surface area contributed by atoms with Gasteiger partial charge in [-0.1, -0.05) is 17.7 Å². The third-order valence-electron chi connectivity index (χ3n) is 2.93. The highest BCUT2D eigenvalue weighted by atomic mass is 16.3. The van der Waals surface area contributed by atoms with Crippen LogP contribution in [0.25, 0.3) is 0 Å². The summed E-state index contributed by atoms with van der Waals surface area (Å²) >= 11 is 0. The summed E-state index contributed by atoms with van der Waals surface area (Å²) in [6.45, 7) is 8.51. The highest BCUT2D eigenvalue weighted by Crippen LogP contribution is 2.21. The minimum Gasteiger partial charge on any atom is -0.392 e. The molecule has 0 spiro atoms. The predicted molar refractivity (Wildman–Crippen MR) is 78.5 cm³/mol. The molecule has 1 amide bonds. The number of hydrogen-bond donors (Lipinski definition) is 2. The average Bonchev–Trinajstić information content (AvgIpc) is 2.21. The molecule has 2 N–H and O–H groups in total. The smallest absolute Gasteiger partial charge is 0.238 e. The summed E-state index contributed by atoms with van der Waals surface area (Å²) in [7, 11) is 1.82. The second-order valence-corrected chi connectivity index (χ2v) is 5.37. The second-order valence-electron chi connectivity index (χ2n) is 5.37. The van der Waals surface area contributed by atoms with Gasteiger partial charge in [-0.15, -0.1) is 0 Å². The van der Waals surface area contributed by atoms with Crippen LogP contribution in [0.3, 0.4) is 0 Å². The molecule has 4 nitrogen and oxygen atoms in total. The fraction of sp³-hybridized carbons (Fsp3) is 0.533. The Bertz CT molecular complexity index is 432. The number of carbonyl (C=O) groups excluding carboxylic acids is 1. The van der Waals surface area contributed by atoms with Crippen LogP contribution in [-0.2, 0) is 4.79 Å².